The highest BCUT2D eigenvalue weighted by atomic mass is 32.1. The molecule has 0 spiro atoms. The van der Waals surface area contributed by atoms with Gasteiger partial charge in [0.2, 0.25) is 5.91 Å². The van der Waals surface area contributed by atoms with Crippen LogP contribution < -0.4 is 5.32 Å². The molecule has 0 radical (unpaired) electrons. The van der Waals surface area contributed by atoms with E-state index in [1.54, 1.807) is 18.4 Å². The minimum Gasteiger partial charge on any atom is -0.383 e. The summed E-state index contributed by atoms with van der Waals surface area (Å²) in [7, 11) is 1.63. The average Bonchev–Trinajstić information content (AvgIpc) is 3.33. The normalized spacial score (nSPS) is 18.1. The molecular weight excluding hydrogens is 422 g/mol. The summed E-state index contributed by atoms with van der Waals surface area (Å²) in [6, 6.07) is 11.2. The van der Waals surface area contributed by atoms with Gasteiger partial charge in [-0.3, -0.25) is 9.59 Å². The highest BCUT2D eigenvalue weighted by Crippen LogP contribution is 2.44. The van der Waals surface area contributed by atoms with Crippen LogP contribution in [0.5, 0.6) is 0 Å². The first-order chi connectivity index (χ1) is 15.6. The molecule has 0 unspecified atom stereocenters. The number of fused-ring (bicyclic) bond motifs is 1. The molecule has 32 heavy (non-hydrogen) atoms. The van der Waals surface area contributed by atoms with Crippen LogP contribution in [0.2, 0.25) is 0 Å². The van der Waals surface area contributed by atoms with Gasteiger partial charge < -0.3 is 19.9 Å². The second-order valence-corrected chi connectivity index (χ2v) is 9.13. The predicted octanol–water partition coefficient (Wildman–Crippen LogP) is 3.91. The SMILES string of the molecule is CCCN(CCC)CCNC(=O)[C@H]1c2ccccc2C(=O)N(CCOC)[C@H]1c1cccs1. The molecule has 0 saturated heterocycles. The highest BCUT2D eigenvalue weighted by molar-refractivity contribution is 7.10. The summed E-state index contributed by atoms with van der Waals surface area (Å²) in [5.74, 6) is -0.527. The van der Waals surface area contributed by atoms with Gasteiger partial charge in [-0.2, -0.15) is 0 Å². The van der Waals surface area contributed by atoms with Gasteiger partial charge in [-0.05, 0) is 49.0 Å². The number of benzene rings is 1. The highest BCUT2D eigenvalue weighted by Gasteiger charge is 2.44. The first-order valence-corrected chi connectivity index (χ1v) is 12.4. The van der Waals surface area contributed by atoms with Gasteiger partial charge >= 0.3 is 0 Å². The number of carbonyl (C=O) groups is 2. The summed E-state index contributed by atoms with van der Waals surface area (Å²) in [6.07, 6.45) is 2.20. The maximum absolute atomic E-state index is 13.6. The van der Waals surface area contributed by atoms with Crippen molar-refractivity contribution in [2.24, 2.45) is 0 Å². The molecular formula is C25H35N3O3S. The van der Waals surface area contributed by atoms with E-state index in [9.17, 15) is 9.59 Å². The van der Waals surface area contributed by atoms with E-state index in [1.807, 2.05) is 46.7 Å². The summed E-state index contributed by atoms with van der Waals surface area (Å²) in [4.78, 5) is 32.2. The topological polar surface area (TPSA) is 61.9 Å². The largest absolute Gasteiger partial charge is 0.383 e. The number of nitrogens with zero attached hydrogens (tertiary/aromatic N) is 2. The number of thiophene rings is 1. The van der Waals surface area contributed by atoms with Crippen LogP contribution in [0.25, 0.3) is 0 Å². The van der Waals surface area contributed by atoms with E-state index in [0.29, 0.717) is 25.3 Å². The van der Waals surface area contributed by atoms with Crippen molar-refractivity contribution in [3.63, 3.8) is 0 Å². The standard InChI is InChI=1S/C25H35N3O3S/c1-4-13-27(14-5-2)15-12-26-24(29)22-19-9-6-7-10-20(19)25(30)28(16-17-31-3)23(22)21-11-8-18-32-21/h6-11,18,22-23H,4-5,12-17H2,1-3H3,(H,26,29)/t22-,23-/m0/s1. The second-order valence-electron chi connectivity index (χ2n) is 8.15. The van der Waals surface area contributed by atoms with Crippen LogP contribution in [0, 0.1) is 0 Å². The molecule has 2 aromatic rings. The number of carbonyl (C=O) groups excluding carboxylic acids is 2. The molecule has 1 aromatic heterocycles. The average molecular weight is 458 g/mol. The summed E-state index contributed by atoms with van der Waals surface area (Å²) in [5.41, 5.74) is 1.41. The molecule has 6 nitrogen and oxygen atoms in total. The van der Waals surface area contributed by atoms with Gasteiger partial charge in [0.1, 0.15) is 0 Å². The van der Waals surface area contributed by atoms with E-state index in [1.165, 1.54) is 0 Å². The van der Waals surface area contributed by atoms with Crippen LogP contribution in [0.3, 0.4) is 0 Å². The number of hydrogen-bond donors (Lipinski definition) is 1. The first-order valence-electron chi connectivity index (χ1n) is 11.5. The van der Waals surface area contributed by atoms with Crippen LogP contribution >= 0.6 is 11.3 Å². The van der Waals surface area contributed by atoms with Crippen LogP contribution in [0.1, 0.15) is 59.4 Å². The van der Waals surface area contributed by atoms with Crippen molar-refractivity contribution < 1.29 is 14.3 Å². The number of ether oxygens (including phenoxy) is 1. The van der Waals surface area contributed by atoms with E-state index in [-0.39, 0.29) is 17.9 Å². The predicted molar refractivity (Wildman–Crippen MR) is 129 cm³/mol. The minimum absolute atomic E-state index is 0.0290. The van der Waals surface area contributed by atoms with Crippen LogP contribution in [-0.4, -0.2) is 68.1 Å². The van der Waals surface area contributed by atoms with Gasteiger partial charge in [-0.15, -0.1) is 11.3 Å². The molecule has 1 aromatic carbocycles. The van der Waals surface area contributed by atoms with E-state index in [0.717, 1.165) is 42.9 Å². The molecule has 1 N–H and O–H groups in total. The lowest BCUT2D eigenvalue weighted by atomic mass is 9.81. The maximum Gasteiger partial charge on any atom is 0.254 e. The Hall–Kier alpha value is -2.22. The Morgan fingerprint density at radius 1 is 1.12 bits per heavy atom. The lowest BCUT2D eigenvalue weighted by Crippen LogP contribution is -2.49. The monoisotopic (exact) mass is 457 g/mol. The summed E-state index contributed by atoms with van der Waals surface area (Å²) in [6.45, 7) is 8.72. The molecule has 2 heterocycles. The zero-order chi connectivity index (χ0) is 22.9. The lowest BCUT2D eigenvalue weighted by molar-refractivity contribution is -0.124. The Morgan fingerprint density at radius 2 is 1.88 bits per heavy atom. The third kappa shape index (κ3) is 5.57. The number of amides is 2. The zero-order valence-corrected chi connectivity index (χ0v) is 20.2. The maximum atomic E-state index is 13.6. The van der Waals surface area contributed by atoms with E-state index in [2.05, 4.69) is 24.1 Å². The summed E-state index contributed by atoms with van der Waals surface area (Å²) >= 11 is 1.58. The fourth-order valence-electron chi connectivity index (χ4n) is 4.50. The Morgan fingerprint density at radius 3 is 2.53 bits per heavy atom. The molecule has 0 saturated carbocycles. The van der Waals surface area contributed by atoms with Crippen LogP contribution in [0.15, 0.2) is 41.8 Å². The zero-order valence-electron chi connectivity index (χ0n) is 19.4. The van der Waals surface area contributed by atoms with E-state index >= 15 is 0 Å². The first kappa shape index (κ1) is 24.4. The van der Waals surface area contributed by atoms with Gasteiger partial charge in [-0.25, -0.2) is 0 Å². The van der Waals surface area contributed by atoms with Crippen molar-refractivity contribution >= 4 is 23.2 Å². The molecule has 1 aliphatic heterocycles. The van der Waals surface area contributed by atoms with Gasteiger partial charge in [-0.1, -0.05) is 38.1 Å². The number of hydrogen-bond acceptors (Lipinski definition) is 5. The van der Waals surface area contributed by atoms with Gasteiger partial charge in [0.15, 0.2) is 0 Å². The second kappa shape index (κ2) is 12.1. The van der Waals surface area contributed by atoms with Gasteiger partial charge in [0.05, 0.1) is 18.6 Å². The summed E-state index contributed by atoms with van der Waals surface area (Å²) < 4.78 is 5.28. The van der Waals surface area contributed by atoms with E-state index < -0.39 is 5.92 Å². The number of methoxy groups -OCH3 is 1. The van der Waals surface area contributed by atoms with Gasteiger partial charge in [0.25, 0.3) is 5.91 Å². The molecule has 7 heteroatoms. The van der Waals surface area contributed by atoms with Crippen molar-refractivity contribution in [1.29, 1.82) is 0 Å². The van der Waals surface area contributed by atoms with Crippen molar-refractivity contribution in [2.45, 2.75) is 38.6 Å². The lowest BCUT2D eigenvalue weighted by Gasteiger charge is -2.41. The summed E-state index contributed by atoms with van der Waals surface area (Å²) in [5, 5.41) is 5.18. The molecule has 2 atom stereocenters. The van der Waals surface area contributed by atoms with E-state index in [4.69, 9.17) is 4.74 Å². The third-order valence-electron chi connectivity index (χ3n) is 5.90. The van der Waals surface area contributed by atoms with Crippen molar-refractivity contribution in [1.82, 2.24) is 15.1 Å². The molecule has 1 aliphatic rings. The fourth-order valence-corrected chi connectivity index (χ4v) is 5.38. The van der Waals surface area contributed by atoms with Crippen molar-refractivity contribution in [2.75, 3.05) is 46.4 Å². The fraction of sp³-hybridized carbons (Fsp3) is 0.520. The van der Waals surface area contributed by atoms with Crippen molar-refractivity contribution in [3.05, 3.63) is 57.8 Å². The molecule has 0 fully saturated rings. The third-order valence-corrected chi connectivity index (χ3v) is 6.84. The molecule has 2 amide bonds. The van der Waals surface area contributed by atoms with Crippen molar-refractivity contribution in [3.8, 4) is 0 Å². The molecule has 0 aliphatic carbocycles. The number of nitrogens with one attached hydrogen (secondary N) is 1. The number of rotatable bonds is 12. The molecule has 174 valence electrons. The Labute approximate surface area is 195 Å². The van der Waals surface area contributed by atoms with Gasteiger partial charge in [0, 0.05) is 37.2 Å². The van der Waals surface area contributed by atoms with Crippen LogP contribution in [0.4, 0.5) is 0 Å². The Balaban J connectivity index is 1.88. The Kier molecular flexibility index (Phi) is 9.26. The molecule has 0 bridgehead atoms. The quantitative estimate of drug-likeness (QED) is 0.525. The Bertz CT molecular complexity index is 865. The molecule has 3 rings (SSSR count). The minimum atomic E-state index is -0.454. The smallest absolute Gasteiger partial charge is 0.254 e. The van der Waals surface area contributed by atoms with Crippen LogP contribution in [-0.2, 0) is 9.53 Å².